The summed E-state index contributed by atoms with van der Waals surface area (Å²) in [5.74, 6) is 0.768. The molecule has 0 amide bonds. The molecular weight excluding hydrogens is 390 g/mol. The standard InChI is InChI=1S/C21H30F2N6O/c1-21(2,3)19-27-18(28-30-19)11-25-20(24-4)26-14-7-6-10-29(12-14)13-15-16(22)8-5-9-17(15)23/h5,8-9,14H,6-7,10-13H2,1-4H3,(H2,24,25,26). The van der Waals surface area contributed by atoms with Crippen molar-refractivity contribution in [1.82, 2.24) is 25.7 Å². The SMILES string of the molecule is CN=C(NCc1noc(C(C)(C)C)n1)NC1CCCN(Cc2c(F)cccc2F)C1. The van der Waals surface area contributed by atoms with Gasteiger partial charge in [0.05, 0.1) is 6.54 Å². The molecule has 0 aliphatic carbocycles. The van der Waals surface area contributed by atoms with Gasteiger partial charge in [0, 0.05) is 37.2 Å². The molecule has 1 aliphatic heterocycles. The highest BCUT2D eigenvalue weighted by atomic mass is 19.1. The lowest BCUT2D eigenvalue weighted by molar-refractivity contribution is 0.188. The molecule has 1 atom stereocenters. The Hall–Kier alpha value is -2.55. The van der Waals surface area contributed by atoms with E-state index in [0.717, 1.165) is 19.4 Å². The van der Waals surface area contributed by atoms with Gasteiger partial charge in [0.2, 0.25) is 5.89 Å². The zero-order chi connectivity index (χ0) is 21.7. The summed E-state index contributed by atoms with van der Waals surface area (Å²) in [6.07, 6.45) is 1.89. The highest BCUT2D eigenvalue weighted by Crippen LogP contribution is 2.20. The highest BCUT2D eigenvalue weighted by molar-refractivity contribution is 5.79. The zero-order valence-electron chi connectivity index (χ0n) is 18.0. The van der Waals surface area contributed by atoms with Crippen molar-refractivity contribution in [2.75, 3.05) is 20.1 Å². The van der Waals surface area contributed by atoms with E-state index in [1.807, 2.05) is 20.8 Å². The Kier molecular flexibility index (Phi) is 7.02. The minimum absolute atomic E-state index is 0.118. The molecule has 1 aromatic heterocycles. The average molecular weight is 421 g/mol. The number of halogens is 2. The van der Waals surface area contributed by atoms with Gasteiger partial charge in [0.1, 0.15) is 11.6 Å². The second-order valence-corrected chi connectivity index (χ2v) is 8.61. The summed E-state index contributed by atoms with van der Waals surface area (Å²) in [6.45, 7) is 8.15. The van der Waals surface area contributed by atoms with Crippen LogP contribution in [-0.4, -0.2) is 47.2 Å². The first-order valence-electron chi connectivity index (χ1n) is 10.2. The lowest BCUT2D eigenvalue weighted by atomic mass is 9.97. The second-order valence-electron chi connectivity index (χ2n) is 8.61. The molecule has 1 aliphatic rings. The van der Waals surface area contributed by atoms with Crippen molar-refractivity contribution in [2.24, 2.45) is 4.99 Å². The third kappa shape index (κ3) is 5.75. The van der Waals surface area contributed by atoms with Gasteiger partial charge in [0.15, 0.2) is 11.8 Å². The number of nitrogens with zero attached hydrogens (tertiary/aromatic N) is 4. The van der Waals surface area contributed by atoms with E-state index in [1.54, 1.807) is 7.05 Å². The number of rotatable bonds is 5. The Bertz CT molecular complexity index is 856. The third-order valence-electron chi connectivity index (χ3n) is 5.04. The van der Waals surface area contributed by atoms with Gasteiger partial charge in [-0.1, -0.05) is 32.0 Å². The molecule has 30 heavy (non-hydrogen) atoms. The topological polar surface area (TPSA) is 78.6 Å². The average Bonchev–Trinajstić information content (AvgIpc) is 3.18. The molecule has 0 radical (unpaired) electrons. The molecule has 1 unspecified atom stereocenters. The van der Waals surface area contributed by atoms with Gasteiger partial charge in [-0.25, -0.2) is 8.78 Å². The van der Waals surface area contributed by atoms with Gasteiger partial charge >= 0.3 is 0 Å². The van der Waals surface area contributed by atoms with Gasteiger partial charge in [-0.15, -0.1) is 0 Å². The van der Waals surface area contributed by atoms with Gasteiger partial charge in [0.25, 0.3) is 0 Å². The molecule has 1 saturated heterocycles. The van der Waals surface area contributed by atoms with Crippen LogP contribution in [0.1, 0.15) is 50.9 Å². The minimum atomic E-state index is -0.503. The predicted molar refractivity (Wildman–Crippen MR) is 111 cm³/mol. The van der Waals surface area contributed by atoms with Crippen LogP contribution in [0.3, 0.4) is 0 Å². The lowest BCUT2D eigenvalue weighted by Gasteiger charge is -2.34. The van der Waals surface area contributed by atoms with E-state index in [1.165, 1.54) is 18.2 Å². The van der Waals surface area contributed by atoms with Crippen molar-refractivity contribution >= 4 is 5.96 Å². The Balaban J connectivity index is 1.53. The lowest BCUT2D eigenvalue weighted by Crippen LogP contribution is -2.50. The summed E-state index contributed by atoms with van der Waals surface area (Å²) >= 11 is 0. The molecule has 0 saturated carbocycles. The van der Waals surface area contributed by atoms with E-state index in [9.17, 15) is 8.78 Å². The van der Waals surface area contributed by atoms with E-state index in [-0.39, 0.29) is 23.6 Å². The molecule has 0 spiro atoms. The molecule has 2 heterocycles. The fraction of sp³-hybridized carbons (Fsp3) is 0.571. The van der Waals surface area contributed by atoms with E-state index in [2.05, 4.69) is 30.7 Å². The monoisotopic (exact) mass is 420 g/mol. The highest BCUT2D eigenvalue weighted by Gasteiger charge is 2.24. The molecule has 1 fully saturated rings. The predicted octanol–water partition coefficient (Wildman–Crippen LogP) is 2.97. The van der Waals surface area contributed by atoms with Gasteiger partial charge in [-0.3, -0.25) is 9.89 Å². The van der Waals surface area contributed by atoms with Crippen molar-refractivity contribution in [3.05, 3.63) is 47.1 Å². The van der Waals surface area contributed by atoms with Crippen LogP contribution in [0.15, 0.2) is 27.7 Å². The van der Waals surface area contributed by atoms with Gasteiger partial charge in [-0.2, -0.15) is 4.98 Å². The number of aromatic nitrogens is 2. The van der Waals surface area contributed by atoms with Crippen LogP contribution in [-0.2, 0) is 18.5 Å². The first-order chi connectivity index (χ1) is 14.3. The van der Waals surface area contributed by atoms with Crippen LogP contribution in [0.25, 0.3) is 0 Å². The molecule has 2 aromatic rings. The largest absolute Gasteiger partial charge is 0.352 e. The number of hydrogen-bond donors (Lipinski definition) is 2. The van der Waals surface area contributed by atoms with E-state index in [4.69, 9.17) is 4.52 Å². The zero-order valence-corrected chi connectivity index (χ0v) is 18.0. The number of nitrogens with one attached hydrogen (secondary N) is 2. The molecule has 164 valence electrons. The van der Waals surface area contributed by atoms with E-state index in [0.29, 0.717) is 30.8 Å². The maximum absolute atomic E-state index is 14.0. The van der Waals surface area contributed by atoms with Gasteiger partial charge < -0.3 is 15.2 Å². The molecular formula is C21H30F2N6O. The minimum Gasteiger partial charge on any atom is -0.352 e. The van der Waals surface area contributed by atoms with E-state index < -0.39 is 11.6 Å². The molecule has 1 aromatic carbocycles. The fourth-order valence-corrected chi connectivity index (χ4v) is 3.41. The Labute approximate surface area is 175 Å². The Morgan fingerprint density at radius 3 is 2.67 bits per heavy atom. The number of hydrogen-bond acceptors (Lipinski definition) is 5. The summed E-state index contributed by atoms with van der Waals surface area (Å²) in [5, 5.41) is 10.6. The second kappa shape index (κ2) is 9.51. The Morgan fingerprint density at radius 1 is 1.30 bits per heavy atom. The third-order valence-corrected chi connectivity index (χ3v) is 5.04. The van der Waals surface area contributed by atoms with Crippen LogP contribution in [0, 0.1) is 11.6 Å². The molecule has 7 nitrogen and oxygen atoms in total. The van der Waals surface area contributed by atoms with Crippen molar-refractivity contribution in [2.45, 2.75) is 58.2 Å². The maximum Gasteiger partial charge on any atom is 0.232 e. The first kappa shape index (κ1) is 22.1. The summed E-state index contributed by atoms with van der Waals surface area (Å²) < 4.78 is 33.3. The number of aliphatic imine (C=N–C) groups is 1. The quantitative estimate of drug-likeness (QED) is 0.572. The van der Waals surface area contributed by atoms with Crippen molar-refractivity contribution in [3.63, 3.8) is 0 Å². The summed E-state index contributed by atoms with van der Waals surface area (Å²) in [7, 11) is 1.70. The van der Waals surface area contributed by atoms with Crippen molar-refractivity contribution in [3.8, 4) is 0 Å². The van der Waals surface area contributed by atoms with Crippen LogP contribution in [0.4, 0.5) is 8.78 Å². The normalized spacial score (nSPS) is 18.5. The van der Waals surface area contributed by atoms with E-state index >= 15 is 0 Å². The van der Waals surface area contributed by atoms with Crippen molar-refractivity contribution in [1.29, 1.82) is 0 Å². The maximum atomic E-state index is 14.0. The molecule has 9 heteroatoms. The number of guanidine groups is 1. The smallest absolute Gasteiger partial charge is 0.232 e. The van der Waals surface area contributed by atoms with Crippen LogP contribution in [0.5, 0.6) is 0 Å². The first-order valence-corrected chi connectivity index (χ1v) is 10.2. The number of likely N-dealkylation sites (tertiary alicyclic amines) is 1. The summed E-state index contributed by atoms with van der Waals surface area (Å²) in [5.41, 5.74) is -0.0820. The Morgan fingerprint density at radius 2 is 2.03 bits per heavy atom. The summed E-state index contributed by atoms with van der Waals surface area (Å²) in [6, 6.07) is 4.10. The van der Waals surface area contributed by atoms with Crippen molar-refractivity contribution < 1.29 is 13.3 Å². The molecule has 2 N–H and O–H groups in total. The van der Waals surface area contributed by atoms with Crippen LogP contribution >= 0.6 is 0 Å². The number of benzene rings is 1. The summed E-state index contributed by atoms with van der Waals surface area (Å²) in [4.78, 5) is 10.7. The molecule has 0 bridgehead atoms. The van der Waals surface area contributed by atoms with Crippen LogP contribution < -0.4 is 10.6 Å². The molecule has 3 rings (SSSR count). The van der Waals surface area contributed by atoms with Crippen LogP contribution in [0.2, 0.25) is 0 Å². The fourth-order valence-electron chi connectivity index (χ4n) is 3.41. The van der Waals surface area contributed by atoms with Gasteiger partial charge in [-0.05, 0) is 31.5 Å². The number of piperidine rings is 1.